The molecule has 0 aromatic heterocycles. The average Bonchev–Trinajstić information content (AvgIpc) is 2.34. The van der Waals surface area contributed by atoms with Crippen molar-refractivity contribution in [1.29, 1.82) is 0 Å². The standard InChI is InChI=1S/C12H16ClN3O2.ClH/c1-8(14)11(17)15-6-7-16-12(18)9-4-2-3-5-10(9)13;/h2-5,8H,6-7,14H2,1H3,(H,15,17)(H,16,18);1H. The van der Waals surface area contributed by atoms with Crippen molar-refractivity contribution in [3.8, 4) is 0 Å². The predicted molar refractivity (Wildman–Crippen MR) is 77.7 cm³/mol. The molecule has 106 valence electrons. The molecule has 4 N–H and O–H groups in total. The van der Waals surface area contributed by atoms with E-state index >= 15 is 0 Å². The average molecular weight is 306 g/mol. The van der Waals surface area contributed by atoms with Crippen LogP contribution in [0.4, 0.5) is 0 Å². The molecule has 1 aromatic rings. The Bertz CT molecular complexity index is 439. The molecule has 1 aromatic carbocycles. The van der Waals surface area contributed by atoms with Gasteiger partial charge in [0.25, 0.3) is 5.91 Å². The molecule has 2 amide bonds. The summed E-state index contributed by atoms with van der Waals surface area (Å²) in [5.41, 5.74) is 5.79. The summed E-state index contributed by atoms with van der Waals surface area (Å²) in [7, 11) is 0. The Morgan fingerprint density at radius 1 is 1.26 bits per heavy atom. The molecule has 0 saturated heterocycles. The van der Waals surface area contributed by atoms with Gasteiger partial charge in [0.15, 0.2) is 0 Å². The van der Waals surface area contributed by atoms with Gasteiger partial charge >= 0.3 is 0 Å². The van der Waals surface area contributed by atoms with Gasteiger partial charge in [0.2, 0.25) is 5.91 Å². The number of amides is 2. The summed E-state index contributed by atoms with van der Waals surface area (Å²) in [6.45, 7) is 2.25. The van der Waals surface area contributed by atoms with E-state index in [9.17, 15) is 9.59 Å². The first-order valence-electron chi connectivity index (χ1n) is 5.58. The van der Waals surface area contributed by atoms with Crippen LogP contribution in [0.1, 0.15) is 17.3 Å². The van der Waals surface area contributed by atoms with Gasteiger partial charge in [-0.2, -0.15) is 0 Å². The fraction of sp³-hybridized carbons (Fsp3) is 0.333. The number of hydrogen-bond donors (Lipinski definition) is 3. The number of rotatable bonds is 5. The van der Waals surface area contributed by atoms with Crippen molar-refractivity contribution in [3.63, 3.8) is 0 Å². The molecular formula is C12H17Cl2N3O2. The highest BCUT2D eigenvalue weighted by molar-refractivity contribution is 6.33. The maximum atomic E-state index is 11.7. The number of carbonyl (C=O) groups excluding carboxylic acids is 2. The second-order valence-electron chi connectivity index (χ2n) is 3.82. The van der Waals surface area contributed by atoms with Gasteiger partial charge < -0.3 is 16.4 Å². The lowest BCUT2D eigenvalue weighted by molar-refractivity contribution is -0.121. The highest BCUT2D eigenvalue weighted by atomic mass is 35.5. The van der Waals surface area contributed by atoms with E-state index in [2.05, 4.69) is 10.6 Å². The zero-order chi connectivity index (χ0) is 13.5. The molecular weight excluding hydrogens is 289 g/mol. The quantitative estimate of drug-likeness (QED) is 0.708. The molecule has 19 heavy (non-hydrogen) atoms. The fourth-order valence-corrected chi connectivity index (χ4v) is 1.48. The zero-order valence-electron chi connectivity index (χ0n) is 10.5. The first-order chi connectivity index (χ1) is 8.52. The molecule has 0 aliphatic rings. The van der Waals surface area contributed by atoms with Gasteiger partial charge in [0.1, 0.15) is 0 Å². The number of benzene rings is 1. The number of nitrogens with one attached hydrogen (secondary N) is 2. The van der Waals surface area contributed by atoms with Crippen molar-refractivity contribution in [1.82, 2.24) is 10.6 Å². The Morgan fingerprint density at radius 2 is 1.84 bits per heavy atom. The minimum atomic E-state index is -0.552. The molecule has 7 heteroatoms. The van der Waals surface area contributed by atoms with E-state index < -0.39 is 6.04 Å². The van der Waals surface area contributed by atoms with E-state index in [4.69, 9.17) is 17.3 Å². The van der Waals surface area contributed by atoms with Crippen molar-refractivity contribution in [3.05, 3.63) is 34.9 Å². The maximum Gasteiger partial charge on any atom is 0.252 e. The SMILES string of the molecule is CC(N)C(=O)NCCNC(=O)c1ccccc1Cl.Cl. The Kier molecular flexibility index (Phi) is 8.14. The summed E-state index contributed by atoms with van der Waals surface area (Å²) < 4.78 is 0. The minimum absolute atomic E-state index is 0. The van der Waals surface area contributed by atoms with Gasteiger partial charge in [-0.1, -0.05) is 23.7 Å². The summed E-state index contributed by atoms with van der Waals surface area (Å²) in [5, 5.41) is 5.64. The van der Waals surface area contributed by atoms with Crippen LogP contribution < -0.4 is 16.4 Å². The molecule has 5 nitrogen and oxygen atoms in total. The van der Waals surface area contributed by atoms with Crippen molar-refractivity contribution in [2.75, 3.05) is 13.1 Å². The lowest BCUT2D eigenvalue weighted by Gasteiger charge is -2.09. The van der Waals surface area contributed by atoms with Gasteiger partial charge in [-0.25, -0.2) is 0 Å². The van der Waals surface area contributed by atoms with Crippen molar-refractivity contribution in [2.24, 2.45) is 5.73 Å². The van der Waals surface area contributed by atoms with Crippen molar-refractivity contribution >= 4 is 35.8 Å². The smallest absolute Gasteiger partial charge is 0.252 e. The molecule has 0 saturated carbocycles. The second-order valence-corrected chi connectivity index (χ2v) is 4.22. The Labute approximate surface area is 123 Å². The van der Waals surface area contributed by atoms with E-state index in [1.165, 1.54) is 0 Å². The molecule has 0 bridgehead atoms. The highest BCUT2D eigenvalue weighted by Gasteiger charge is 2.09. The summed E-state index contributed by atoms with van der Waals surface area (Å²) >= 11 is 5.88. The van der Waals surface area contributed by atoms with E-state index in [1.54, 1.807) is 31.2 Å². The summed E-state index contributed by atoms with van der Waals surface area (Å²) in [6.07, 6.45) is 0. The Hall–Kier alpha value is -1.30. The van der Waals surface area contributed by atoms with Gasteiger partial charge in [-0.05, 0) is 19.1 Å². The third-order valence-corrected chi connectivity index (χ3v) is 2.57. The first kappa shape index (κ1) is 17.7. The van der Waals surface area contributed by atoms with E-state index in [1.807, 2.05) is 0 Å². The lowest BCUT2D eigenvalue weighted by atomic mass is 10.2. The van der Waals surface area contributed by atoms with E-state index in [0.717, 1.165) is 0 Å². The lowest BCUT2D eigenvalue weighted by Crippen LogP contribution is -2.42. The molecule has 1 unspecified atom stereocenters. The molecule has 0 fully saturated rings. The highest BCUT2D eigenvalue weighted by Crippen LogP contribution is 2.14. The van der Waals surface area contributed by atoms with Crippen molar-refractivity contribution < 1.29 is 9.59 Å². The van der Waals surface area contributed by atoms with E-state index in [0.29, 0.717) is 23.7 Å². The summed E-state index contributed by atoms with van der Waals surface area (Å²) in [5.74, 6) is -0.516. The maximum absolute atomic E-state index is 11.7. The van der Waals surface area contributed by atoms with Crippen LogP contribution in [0, 0.1) is 0 Å². The summed E-state index contributed by atoms with van der Waals surface area (Å²) in [4.78, 5) is 22.9. The number of carbonyl (C=O) groups is 2. The topological polar surface area (TPSA) is 84.2 Å². The van der Waals surface area contributed by atoms with E-state index in [-0.39, 0.29) is 24.2 Å². The van der Waals surface area contributed by atoms with Gasteiger partial charge in [-0.15, -0.1) is 12.4 Å². The molecule has 0 spiro atoms. The van der Waals surface area contributed by atoms with Crippen LogP contribution in [0.2, 0.25) is 5.02 Å². The van der Waals surface area contributed by atoms with Crippen LogP contribution in [0.5, 0.6) is 0 Å². The molecule has 0 aliphatic heterocycles. The third kappa shape index (κ3) is 5.92. The van der Waals surface area contributed by atoms with Gasteiger partial charge in [0, 0.05) is 13.1 Å². The van der Waals surface area contributed by atoms with Crippen LogP contribution >= 0.6 is 24.0 Å². The normalized spacial score (nSPS) is 11.1. The minimum Gasteiger partial charge on any atom is -0.353 e. The predicted octanol–water partition coefficient (Wildman–Crippen LogP) is 0.955. The molecule has 0 radical (unpaired) electrons. The number of halogens is 2. The van der Waals surface area contributed by atoms with Gasteiger partial charge in [-0.3, -0.25) is 9.59 Å². The zero-order valence-corrected chi connectivity index (χ0v) is 12.1. The van der Waals surface area contributed by atoms with Crippen molar-refractivity contribution in [2.45, 2.75) is 13.0 Å². The monoisotopic (exact) mass is 305 g/mol. The third-order valence-electron chi connectivity index (χ3n) is 2.24. The van der Waals surface area contributed by atoms with Crippen LogP contribution in [0.15, 0.2) is 24.3 Å². The molecule has 1 rings (SSSR count). The van der Waals surface area contributed by atoms with Crippen LogP contribution in [-0.4, -0.2) is 30.9 Å². The Balaban J connectivity index is 0.00000324. The van der Waals surface area contributed by atoms with Crippen LogP contribution in [0.25, 0.3) is 0 Å². The number of nitrogens with two attached hydrogens (primary N) is 1. The van der Waals surface area contributed by atoms with Crippen LogP contribution in [-0.2, 0) is 4.79 Å². The fourth-order valence-electron chi connectivity index (χ4n) is 1.26. The molecule has 1 atom stereocenters. The number of hydrogen-bond acceptors (Lipinski definition) is 3. The first-order valence-corrected chi connectivity index (χ1v) is 5.96. The van der Waals surface area contributed by atoms with Crippen LogP contribution in [0.3, 0.4) is 0 Å². The largest absolute Gasteiger partial charge is 0.353 e. The molecule has 0 heterocycles. The summed E-state index contributed by atoms with van der Waals surface area (Å²) in [6, 6.07) is 6.22. The second kappa shape index (κ2) is 8.74. The molecule has 0 aliphatic carbocycles. The Morgan fingerprint density at radius 3 is 2.42 bits per heavy atom. The van der Waals surface area contributed by atoms with Gasteiger partial charge in [0.05, 0.1) is 16.6 Å².